The largest absolute Gasteiger partial charge is 0.478 e. The summed E-state index contributed by atoms with van der Waals surface area (Å²) in [7, 11) is 0. The van der Waals surface area contributed by atoms with Gasteiger partial charge in [-0.1, -0.05) is 46.5 Å². The molecule has 4 nitrogen and oxygen atoms in total. The molecule has 0 amide bonds. The van der Waals surface area contributed by atoms with Gasteiger partial charge in [0.15, 0.2) is 0 Å². The summed E-state index contributed by atoms with van der Waals surface area (Å²) in [4.78, 5) is 7.08. The van der Waals surface area contributed by atoms with Gasteiger partial charge in [-0.05, 0) is 44.8 Å². The van der Waals surface area contributed by atoms with Crippen molar-refractivity contribution < 1.29 is 4.74 Å². The molecule has 0 saturated heterocycles. The van der Waals surface area contributed by atoms with Crippen molar-refractivity contribution in [2.24, 2.45) is 16.6 Å². The summed E-state index contributed by atoms with van der Waals surface area (Å²) >= 11 is 0. The predicted octanol–water partition coefficient (Wildman–Crippen LogP) is 4.07. The molecule has 23 heavy (non-hydrogen) atoms. The zero-order valence-electron chi connectivity index (χ0n) is 15.3. The van der Waals surface area contributed by atoms with Crippen LogP contribution in [0.4, 0.5) is 0 Å². The Morgan fingerprint density at radius 3 is 2.48 bits per heavy atom. The van der Waals surface area contributed by atoms with Crippen LogP contribution in [0.2, 0.25) is 0 Å². The highest BCUT2D eigenvalue weighted by molar-refractivity contribution is 5.90. The van der Waals surface area contributed by atoms with E-state index in [1.54, 1.807) is 0 Å². The number of rotatable bonds is 12. The summed E-state index contributed by atoms with van der Waals surface area (Å²) < 4.78 is 5.93. The van der Waals surface area contributed by atoms with Crippen LogP contribution in [0.15, 0.2) is 17.0 Å². The average molecular weight is 322 g/mol. The summed E-state index contributed by atoms with van der Waals surface area (Å²) in [6.45, 7) is 9.74. The number of hydrogen-bond donors (Lipinski definition) is 1. The monoisotopic (exact) mass is 321 g/mol. The standard InChI is InChI=1S/C19H35N3O/c1-4-7-8-9-10-13-23-17-15-19(14-16(19)18(20)21-17)22(11-5-2)12-6-3/h15-16H,4-14H2,1-3H3,(H2,20,21). The summed E-state index contributed by atoms with van der Waals surface area (Å²) in [5, 5.41) is 0. The first-order valence-corrected chi connectivity index (χ1v) is 9.62. The molecule has 1 saturated carbocycles. The van der Waals surface area contributed by atoms with Crippen LogP contribution in [0.25, 0.3) is 0 Å². The molecule has 0 aromatic carbocycles. The minimum absolute atomic E-state index is 0.0927. The van der Waals surface area contributed by atoms with Crippen molar-refractivity contribution >= 4 is 5.84 Å². The van der Waals surface area contributed by atoms with E-state index < -0.39 is 0 Å². The van der Waals surface area contributed by atoms with Crippen molar-refractivity contribution in [3.63, 3.8) is 0 Å². The van der Waals surface area contributed by atoms with Gasteiger partial charge in [-0.25, -0.2) is 4.99 Å². The Balaban J connectivity index is 1.90. The molecule has 4 heteroatoms. The Labute approximate surface area is 142 Å². The van der Waals surface area contributed by atoms with E-state index in [2.05, 4.69) is 36.7 Å². The van der Waals surface area contributed by atoms with Crippen molar-refractivity contribution in [1.29, 1.82) is 0 Å². The lowest BCUT2D eigenvalue weighted by molar-refractivity contribution is 0.174. The lowest BCUT2D eigenvalue weighted by atomic mass is 10.1. The Kier molecular flexibility index (Phi) is 6.94. The Bertz CT molecular complexity index is 426. The van der Waals surface area contributed by atoms with Crippen LogP contribution in [0.5, 0.6) is 0 Å². The molecule has 1 heterocycles. The quantitative estimate of drug-likeness (QED) is 0.551. The zero-order valence-corrected chi connectivity index (χ0v) is 15.3. The number of amidine groups is 1. The number of nitrogens with two attached hydrogens (primary N) is 1. The Morgan fingerprint density at radius 1 is 1.13 bits per heavy atom. The third-order valence-electron chi connectivity index (χ3n) is 5.02. The fraction of sp³-hybridized carbons (Fsp3) is 0.842. The molecule has 0 aromatic rings. The van der Waals surface area contributed by atoms with Gasteiger partial charge in [0.05, 0.1) is 12.1 Å². The zero-order chi connectivity index (χ0) is 16.7. The molecule has 1 aliphatic carbocycles. The average Bonchev–Trinajstić information content (AvgIpc) is 3.27. The summed E-state index contributed by atoms with van der Waals surface area (Å²) in [5.41, 5.74) is 6.29. The van der Waals surface area contributed by atoms with Gasteiger partial charge >= 0.3 is 0 Å². The lowest BCUT2D eigenvalue weighted by Crippen LogP contribution is -2.42. The van der Waals surface area contributed by atoms with Crippen molar-refractivity contribution in [2.45, 2.75) is 77.7 Å². The highest BCUT2D eigenvalue weighted by Gasteiger charge is 2.60. The van der Waals surface area contributed by atoms with E-state index in [1.165, 1.54) is 38.5 Å². The molecule has 1 fully saturated rings. The van der Waals surface area contributed by atoms with Gasteiger partial charge in [-0.3, -0.25) is 4.90 Å². The van der Waals surface area contributed by atoms with Crippen LogP contribution >= 0.6 is 0 Å². The number of aliphatic imine (C=N–C) groups is 1. The summed E-state index contributed by atoms with van der Waals surface area (Å²) in [6, 6.07) is 0. The first-order chi connectivity index (χ1) is 11.2. The summed E-state index contributed by atoms with van der Waals surface area (Å²) in [5.74, 6) is 1.92. The molecular weight excluding hydrogens is 286 g/mol. The van der Waals surface area contributed by atoms with Gasteiger partial charge in [0.1, 0.15) is 5.84 Å². The normalized spacial score (nSPS) is 25.8. The van der Waals surface area contributed by atoms with Crippen molar-refractivity contribution in [3.8, 4) is 0 Å². The molecule has 0 spiro atoms. The molecule has 2 N–H and O–H groups in total. The van der Waals surface area contributed by atoms with E-state index in [-0.39, 0.29) is 5.54 Å². The predicted molar refractivity (Wildman–Crippen MR) is 97.4 cm³/mol. The number of nitrogens with zero attached hydrogens (tertiary/aromatic N) is 2. The van der Waals surface area contributed by atoms with Gasteiger partial charge in [-0.15, -0.1) is 0 Å². The van der Waals surface area contributed by atoms with E-state index in [4.69, 9.17) is 10.5 Å². The molecule has 0 aromatic heterocycles. The fourth-order valence-electron chi connectivity index (χ4n) is 3.70. The second kappa shape index (κ2) is 8.72. The van der Waals surface area contributed by atoms with Gasteiger partial charge in [0, 0.05) is 5.92 Å². The van der Waals surface area contributed by atoms with E-state index in [0.717, 1.165) is 44.3 Å². The molecule has 2 rings (SSSR count). The van der Waals surface area contributed by atoms with Crippen LogP contribution in [-0.4, -0.2) is 36.0 Å². The third kappa shape index (κ3) is 4.50. The second-order valence-electron chi connectivity index (χ2n) is 7.02. The number of unbranched alkanes of at least 4 members (excludes halogenated alkanes) is 4. The van der Waals surface area contributed by atoms with Crippen molar-refractivity contribution in [3.05, 3.63) is 12.0 Å². The molecule has 132 valence electrons. The van der Waals surface area contributed by atoms with E-state index >= 15 is 0 Å². The maximum Gasteiger partial charge on any atom is 0.212 e. The van der Waals surface area contributed by atoms with Crippen LogP contribution < -0.4 is 5.73 Å². The van der Waals surface area contributed by atoms with Crippen LogP contribution in [0.1, 0.15) is 72.1 Å². The summed E-state index contributed by atoms with van der Waals surface area (Å²) in [6.07, 6.45) is 12.0. The topological polar surface area (TPSA) is 50.9 Å². The molecule has 0 radical (unpaired) electrons. The SMILES string of the molecule is CCCCCCCOC1=CC2(N(CCC)CCC)CC2C(N)=N1. The van der Waals surface area contributed by atoms with Crippen molar-refractivity contribution in [2.75, 3.05) is 19.7 Å². The van der Waals surface area contributed by atoms with Gasteiger partial charge < -0.3 is 10.5 Å². The molecule has 2 aliphatic rings. The maximum atomic E-state index is 6.20. The minimum Gasteiger partial charge on any atom is -0.478 e. The Morgan fingerprint density at radius 2 is 1.83 bits per heavy atom. The fourth-order valence-corrected chi connectivity index (χ4v) is 3.70. The van der Waals surface area contributed by atoms with E-state index in [1.807, 2.05) is 0 Å². The first kappa shape index (κ1) is 18.3. The number of ether oxygens (including phenoxy) is 1. The number of hydrogen-bond acceptors (Lipinski definition) is 4. The van der Waals surface area contributed by atoms with Crippen LogP contribution in [-0.2, 0) is 4.74 Å². The van der Waals surface area contributed by atoms with E-state index in [0.29, 0.717) is 5.92 Å². The first-order valence-electron chi connectivity index (χ1n) is 9.62. The van der Waals surface area contributed by atoms with Crippen LogP contribution in [0, 0.1) is 5.92 Å². The maximum absolute atomic E-state index is 6.20. The third-order valence-corrected chi connectivity index (χ3v) is 5.02. The highest BCUT2D eigenvalue weighted by Crippen LogP contribution is 2.52. The Hall–Kier alpha value is -1.03. The smallest absolute Gasteiger partial charge is 0.212 e. The van der Waals surface area contributed by atoms with Crippen molar-refractivity contribution in [1.82, 2.24) is 4.90 Å². The molecule has 0 bridgehead atoms. The van der Waals surface area contributed by atoms with Gasteiger partial charge in [0.2, 0.25) is 5.88 Å². The minimum atomic E-state index is 0.0927. The second-order valence-corrected chi connectivity index (χ2v) is 7.02. The molecule has 2 atom stereocenters. The number of fused-ring (bicyclic) bond motifs is 1. The molecule has 1 aliphatic heterocycles. The van der Waals surface area contributed by atoms with E-state index in [9.17, 15) is 0 Å². The van der Waals surface area contributed by atoms with Crippen LogP contribution in [0.3, 0.4) is 0 Å². The molecule has 2 unspecified atom stereocenters. The van der Waals surface area contributed by atoms with Gasteiger partial charge in [-0.2, -0.15) is 0 Å². The van der Waals surface area contributed by atoms with Gasteiger partial charge in [0.25, 0.3) is 0 Å². The molecular formula is C19H35N3O. The lowest BCUT2D eigenvalue weighted by Gasteiger charge is -2.32. The highest BCUT2D eigenvalue weighted by atomic mass is 16.5.